The van der Waals surface area contributed by atoms with Crippen molar-refractivity contribution < 1.29 is 0 Å². The number of hydrazone groups is 1. The van der Waals surface area contributed by atoms with E-state index in [2.05, 4.69) is 33.0 Å². The third-order valence-electron chi connectivity index (χ3n) is 5.55. The van der Waals surface area contributed by atoms with Crippen molar-refractivity contribution in [1.82, 2.24) is 20.1 Å². The van der Waals surface area contributed by atoms with Gasteiger partial charge in [0.25, 0.3) is 0 Å². The van der Waals surface area contributed by atoms with Crippen LogP contribution in [0.15, 0.2) is 36.0 Å². The Morgan fingerprint density at radius 2 is 2.14 bits per heavy atom. The molecule has 3 aliphatic carbocycles. The van der Waals surface area contributed by atoms with Crippen LogP contribution in [0.1, 0.15) is 37.7 Å². The van der Waals surface area contributed by atoms with Crippen LogP contribution in [0.3, 0.4) is 0 Å². The zero-order chi connectivity index (χ0) is 13.9. The van der Waals surface area contributed by atoms with E-state index in [9.17, 15) is 0 Å². The first kappa shape index (κ1) is 11.6. The van der Waals surface area contributed by atoms with Crippen LogP contribution in [0.25, 0.3) is 5.52 Å². The summed E-state index contributed by atoms with van der Waals surface area (Å²) < 4.78 is 2.02. The average Bonchev–Trinajstić information content (AvgIpc) is 3.15. The Morgan fingerprint density at radius 1 is 1.24 bits per heavy atom. The van der Waals surface area contributed by atoms with Crippen LogP contribution in [0.4, 0.5) is 0 Å². The zero-order valence-electron chi connectivity index (χ0n) is 11.9. The predicted molar refractivity (Wildman–Crippen MR) is 80.8 cm³/mol. The van der Waals surface area contributed by atoms with Crippen molar-refractivity contribution in [3.05, 3.63) is 36.4 Å². The molecule has 2 bridgehead atoms. The third-order valence-corrected chi connectivity index (χ3v) is 5.55. The fourth-order valence-corrected chi connectivity index (χ4v) is 4.40. The average molecular weight is 281 g/mol. The lowest BCUT2D eigenvalue weighted by Gasteiger charge is -2.49. The zero-order valence-corrected chi connectivity index (χ0v) is 11.9. The van der Waals surface area contributed by atoms with Gasteiger partial charge < -0.3 is 9.72 Å². The van der Waals surface area contributed by atoms with Crippen molar-refractivity contribution in [3.8, 4) is 0 Å². The summed E-state index contributed by atoms with van der Waals surface area (Å²) in [5.74, 6) is 2.55. The molecule has 3 heterocycles. The Balaban J connectivity index is 1.46. The second-order valence-electron chi connectivity index (χ2n) is 6.73. The van der Waals surface area contributed by atoms with E-state index in [-0.39, 0.29) is 5.66 Å². The van der Waals surface area contributed by atoms with Crippen molar-refractivity contribution in [3.63, 3.8) is 0 Å². The van der Waals surface area contributed by atoms with E-state index in [1.165, 1.54) is 32.1 Å². The summed E-state index contributed by atoms with van der Waals surface area (Å²) in [7, 11) is 0. The van der Waals surface area contributed by atoms with Crippen LogP contribution in [0.2, 0.25) is 0 Å². The molecule has 2 aromatic rings. The number of hydrogen-bond donors (Lipinski definition) is 2. The molecule has 2 aromatic heterocycles. The van der Waals surface area contributed by atoms with Gasteiger partial charge in [-0.25, -0.2) is 4.98 Å². The quantitative estimate of drug-likeness (QED) is 0.841. The molecule has 0 aromatic carbocycles. The minimum Gasteiger partial charge on any atom is -0.344 e. The Morgan fingerprint density at radius 3 is 2.95 bits per heavy atom. The first-order valence-corrected chi connectivity index (χ1v) is 7.88. The lowest BCUT2D eigenvalue weighted by Crippen LogP contribution is -2.62. The molecule has 0 unspecified atom stereocenters. The normalized spacial score (nSPS) is 34.0. The highest BCUT2D eigenvalue weighted by atomic mass is 15.5. The molecule has 0 saturated heterocycles. The molecule has 0 amide bonds. The summed E-state index contributed by atoms with van der Waals surface area (Å²) in [5, 5.41) is 8.34. The number of imidazole rings is 1. The third kappa shape index (κ3) is 1.63. The molecule has 0 radical (unpaired) electrons. The van der Waals surface area contributed by atoms with Gasteiger partial charge in [0.15, 0.2) is 5.84 Å². The minimum atomic E-state index is 0.0167. The number of fused-ring (bicyclic) bond motifs is 3. The fourth-order valence-electron chi connectivity index (χ4n) is 4.40. The van der Waals surface area contributed by atoms with Gasteiger partial charge in [-0.1, -0.05) is 0 Å². The predicted octanol–water partition coefficient (Wildman–Crippen LogP) is 2.10. The lowest BCUT2D eigenvalue weighted by atomic mass is 9.64. The highest BCUT2D eigenvalue weighted by Crippen LogP contribution is 2.47. The smallest absolute Gasteiger partial charge is 0.155 e. The number of aromatic nitrogens is 2. The summed E-state index contributed by atoms with van der Waals surface area (Å²) in [4.78, 5) is 4.17. The van der Waals surface area contributed by atoms with Gasteiger partial charge in [-0.05, 0) is 50.2 Å². The van der Waals surface area contributed by atoms with Crippen LogP contribution in [0.5, 0.6) is 0 Å². The molecule has 5 nitrogen and oxygen atoms in total. The first-order valence-electron chi connectivity index (χ1n) is 7.88. The molecule has 3 saturated carbocycles. The number of amidine groups is 1. The number of rotatable bonds is 1. The van der Waals surface area contributed by atoms with E-state index in [4.69, 9.17) is 0 Å². The molecule has 5 heteroatoms. The molecule has 3 fully saturated rings. The van der Waals surface area contributed by atoms with Crippen molar-refractivity contribution in [2.24, 2.45) is 16.9 Å². The number of nitrogens with one attached hydrogen (secondary N) is 2. The highest BCUT2D eigenvalue weighted by Gasteiger charge is 2.50. The summed E-state index contributed by atoms with van der Waals surface area (Å²) in [6, 6.07) is 4.24. The maximum absolute atomic E-state index is 4.62. The van der Waals surface area contributed by atoms with Gasteiger partial charge in [-0.15, -0.1) is 0 Å². The molecule has 1 spiro atoms. The van der Waals surface area contributed by atoms with E-state index < -0.39 is 0 Å². The Kier molecular flexibility index (Phi) is 2.21. The maximum atomic E-state index is 4.62. The molecule has 6 rings (SSSR count). The molecule has 1 aliphatic heterocycles. The standard InChI is InChI=1S/C16H19N5/c1-3-13-4-2-11(1)8-16(13)18-15(19-20-16)12-5-6-21-10-17-9-14(21)7-12/h5-7,9-11,13,20H,1-4,8H2,(H,18,19)/t11?,13?,16-/m1/s1. The SMILES string of the molecule is c1cn2cncc2cc1C1=NN[C@@]2(CC3CCC2CC3)N1. The van der Waals surface area contributed by atoms with Gasteiger partial charge in [0.05, 0.1) is 18.0 Å². The summed E-state index contributed by atoms with van der Waals surface area (Å²) >= 11 is 0. The largest absolute Gasteiger partial charge is 0.344 e. The Labute approximate surface area is 123 Å². The molecule has 21 heavy (non-hydrogen) atoms. The fraction of sp³-hybridized carbons (Fsp3) is 0.500. The van der Waals surface area contributed by atoms with Crippen molar-refractivity contribution in [2.45, 2.75) is 37.8 Å². The highest BCUT2D eigenvalue weighted by molar-refractivity contribution is 6.00. The van der Waals surface area contributed by atoms with Crippen LogP contribution in [0, 0.1) is 11.8 Å². The van der Waals surface area contributed by atoms with Crippen molar-refractivity contribution in [2.75, 3.05) is 0 Å². The number of hydrogen-bond acceptors (Lipinski definition) is 4. The number of pyridine rings is 1. The summed E-state index contributed by atoms with van der Waals surface area (Å²) in [6.45, 7) is 0. The molecule has 1 atom stereocenters. The van der Waals surface area contributed by atoms with Gasteiger partial charge in [-0.2, -0.15) is 5.10 Å². The maximum Gasteiger partial charge on any atom is 0.155 e. The van der Waals surface area contributed by atoms with Gasteiger partial charge >= 0.3 is 0 Å². The molecule has 4 aliphatic rings. The second kappa shape index (κ2) is 4.00. The molecule has 2 N–H and O–H groups in total. The monoisotopic (exact) mass is 281 g/mol. The minimum absolute atomic E-state index is 0.0167. The summed E-state index contributed by atoms with van der Waals surface area (Å²) in [6.07, 6.45) is 12.4. The second-order valence-corrected chi connectivity index (χ2v) is 6.73. The van der Waals surface area contributed by atoms with Crippen LogP contribution in [-0.2, 0) is 0 Å². The lowest BCUT2D eigenvalue weighted by molar-refractivity contribution is 0.0394. The van der Waals surface area contributed by atoms with Crippen LogP contribution in [-0.4, -0.2) is 20.9 Å². The number of nitrogens with zero attached hydrogens (tertiary/aromatic N) is 3. The van der Waals surface area contributed by atoms with E-state index in [0.29, 0.717) is 5.92 Å². The van der Waals surface area contributed by atoms with Gasteiger partial charge in [0.2, 0.25) is 0 Å². The molecule has 108 valence electrons. The van der Waals surface area contributed by atoms with E-state index in [1.807, 2.05) is 23.1 Å². The Bertz CT molecular complexity index is 725. The summed E-state index contributed by atoms with van der Waals surface area (Å²) in [5.41, 5.74) is 5.70. The van der Waals surface area contributed by atoms with Gasteiger partial charge in [-0.3, -0.25) is 5.43 Å². The first-order chi connectivity index (χ1) is 10.3. The van der Waals surface area contributed by atoms with Crippen molar-refractivity contribution in [1.29, 1.82) is 0 Å². The van der Waals surface area contributed by atoms with Crippen LogP contribution >= 0.6 is 0 Å². The molecular formula is C16H19N5. The van der Waals surface area contributed by atoms with E-state index in [1.54, 1.807) is 0 Å². The van der Waals surface area contributed by atoms with Crippen molar-refractivity contribution >= 4 is 11.4 Å². The van der Waals surface area contributed by atoms with Gasteiger partial charge in [0.1, 0.15) is 5.66 Å². The Hall–Kier alpha value is -2.04. The van der Waals surface area contributed by atoms with Gasteiger partial charge in [0, 0.05) is 17.7 Å². The molecular weight excluding hydrogens is 262 g/mol. The topological polar surface area (TPSA) is 53.7 Å². The van der Waals surface area contributed by atoms with E-state index >= 15 is 0 Å². The van der Waals surface area contributed by atoms with Crippen LogP contribution < -0.4 is 10.7 Å². The van der Waals surface area contributed by atoms with E-state index in [0.717, 1.165) is 22.8 Å².